The summed E-state index contributed by atoms with van der Waals surface area (Å²) >= 11 is 1.49. The van der Waals surface area contributed by atoms with E-state index in [9.17, 15) is 14.4 Å². The smallest absolute Gasteiger partial charge is 0.341 e. The van der Waals surface area contributed by atoms with E-state index < -0.39 is 0 Å². The monoisotopic (exact) mass is 394 g/mol. The molecular weight excluding hydrogens is 368 g/mol. The molecule has 0 atom stereocenters. The fourth-order valence-corrected chi connectivity index (χ4v) is 5.07. The highest BCUT2D eigenvalue weighted by molar-refractivity contribution is 7.17. The average Bonchev–Trinajstić information content (AvgIpc) is 3.22. The third-order valence-electron chi connectivity index (χ3n) is 5.14. The molecule has 148 valence electrons. The standard InChI is InChI=1S/C19H26N2O5S/c1-3-26-19(24)16-13-5-4-6-14(13)27-17(16)20-15(22)11-21-9-7-12(8-10-21)18(23)25-2/h12H,3-11H2,1-2H3,(H,20,22). The Morgan fingerprint density at radius 1 is 1.22 bits per heavy atom. The Hall–Kier alpha value is -1.93. The minimum absolute atomic E-state index is 0.0787. The zero-order chi connectivity index (χ0) is 19.4. The number of fused-ring (bicyclic) bond motifs is 1. The molecule has 1 saturated heterocycles. The molecule has 0 aromatic carbocycles. The van der Waals surface area contributed by atoms with Crippen molar-refractivity contribution in [3.05, 3.63) is 16.0 Å². The van der Waals surface area contributed by atoms with Gasteiger partial charge in [0.1, 0.15) is 5.00 Å². The first-order chi connectivity index (χ1) is 13.0. The summed E-state index contributed by atoms with van der Waals surface area (Å²) in [5.41, 5.74) is 1.57. The number of likely N-dealkylation sites (tertiary alicyclic amines) is 1. The van der Waals surface area contributed by atoms with Crippen molar-refractivity contribution in [3.63, 3.8) is 0 Å². The molecule has 1 N–H and O–H groups in total. The predicted octanol–water partition coefficient (Wildman–Crippen LogP) is 2.24. The number of methoxy groups -OCH3 is 1. The van der Waals surface area contributed by atoms with E-state index in [-0.39, 0.29) is 30.3 Å². The Balaban J connectivity index is 1.60. The number of rotatable bonds is 6. The number of carbonyl (C=O) groups excluding carboxylic acids is 3. The molecule has 0 spiro atoms. The highest BCUT2D eigenvalue weighted by Gasteiger charge is 2.30. The Labute approximate surface area is 163 Å². The molecule has 0 saturated carbocycles. The van der Waals surface area contributed by atoms with Gasteiger partial charge in [-0.3, -0.25) is 14.5 Å². The van der Waals surface area contributed by atoms with Crippen LogP contribution in [0.3, 0.4) is 0 Å². The molecule has 2 heterocycles. The average molecular weight is 394 g/mol. The molecule has 1 fully saturated rings. The third-order valence-corrected chi connectivity index (χ3v) is 6.35. The maximum absolute atomic E-state index is 12.5. The van der Waals surface area contributed by atoms with E-state index in [4.69, 9.17) is 9.47 Å². The number of hydrogen-bond acceptors (Lipinski definition) is 7. The zero-order valence-electron chi connectivity index (χ0n) is 15.8. The summed E-state index contributed by atoms with van der Waals surface area (Å²) in [7, 11) is 1.40. The molecule has 1 aromatic rings. The van der Waals surface area contributed by atoms with Crippen LogP contribution >= 0.6 is 11.3 Å². The van der Waals surface area contributed by atoms with Gasteiger partial charge in [-0.05, 0) is 57.7 Å². The summed E-state index contributed by atoms with van der Waals surface area (Å²) in [6.07, 6.45) is 4.24. The van der Waals surface area contributed by atoms with Crippen LogP contribution in [0.25, 0.3) is 0 Å². The number of anilines is 1. The second kappa shape index (κ2) is 8.84. The third kappa shape index (κ3) is 4.50. The van der Waals surface area contributed by atoms with Crippen molar-refractivity contribution < 1.29 is 23.9 Å². The Kier molecular flexibility index (Phi) is 6.49. The van der Waals surface area contributed by atoms with Crippen LogP contribution < -0.4 is 5.32 Å². The number of hydrogen-bond donors (Lipinski definition) is 1. The van der Waals surface area contributed by atoms with Gasteiger partial charge in [-0.1, -0.05) is 0 Å². The number of nitrogens with zero attached hydrogens (tertiary/aromatic N) is 1. The van der Waals surface area contributed by atoms with Gasteiger partial charge < -0.3 is 14.8 Å². The fraction of sp³-hybridized carbons (Fsp3) is 0.632. The van der Waals surface area contributed by atoms with Crippen LogP contribution in [0.15, 0.2) is 0 Å². The molecule has 8 heteroatoms. The van der Waals surface area contributed by atoms with Crippen molar-refractivity contribution in [2.75, 3.05) is 38.7 Å². The first-order valence-corrected chi connectivity index (χ1v) is 10.3. The van der Waals surface area contributed by atoms with Gasteiger partial charge >= 0.3 is 11.9 Å². The summed E-state index contributed by atoms with van der Waals surface area (Å²) in [6, 6.07) is 0. The minimum Gasteiger partial charge on any atom is -0.469 e. The molecule has 3 rings (SSSR count). The van der Waals surface area contributed by atoms with E-state index >= 15 is 0 Å². The van der Waals surface area contributed by atoms with Crippen molar-refractivity contribution >= 4 is 34.2 Å². The van der Waals surface area contributed by atoms with Crippen LogP contribution in [0.2, 0.25) is 0 Å². The normalized spacial score (nSPS) is 17.4. The Morgan fingerprint density at radius 2 is 1.96 bits per heavy atom. The quantitative estimate of drug-likeness (QED) is 0.745. The molecule has 1 aliphatic carbocycles. The molecule has 1 aliphatic heterocycles. The van der Waals surface area contributed by atoms with E-state index in [1.165, 1.54) is 23.3 Å². The number of amides is 1. The fourth-order valence-electron chi connectivity index (χ4n) is 3.77. The van der Waals surface area contributed by atoms with Crippen molar-refractivity contribution in [3.8, 4) is 0 Å². The number of ether oxygens (including phenoxy) is 2. The van der Waals surface area contributed by atoms with Gasteiger partial charge in [0, 0.05) is 4.88 Å². The molecule has 7 nitrogen and oxygen atoms in total. The van der Waals surface area contributed by atoms with E-state index in [0.29, 0.717) is 43.1 Å². The first-order valence-electron chi connectivity index (χ1n) is 9.45. The predicted molar refractivity (Wildman–Crippen MR) is 102 cm³/mol. The van der Waals surface area contributed by atoms with Gasteiger partial charge in [-0.15, -0.1) is 11.3 Å². The van der Waals surface area contributed by atoms with Crippen molar-refractivity contribution in [2.45, 2.75) is 39.0 Å². The lowest BCUT2D eigenvalue weighted by atomic mass is 9.97. The van der Waals surface area contributed by atoms with Gasteiger partial charge in [0.05, 0.1) is 31.7 Å². The molecule has 0 unspecified atom stereocenters. The summed E-state index contributed by atoms with van der Waals surface area (Å²) in [5.74, 6) is -0.751. The molecule has 0 radical (unpaired) electrons. The van der Waals surface area contributed by atoms with Crippen molar-refractivity contribution in [1.29, 1.82) is 0 Å². The maximum atomic E-state index is 12.5. The number of thiophene rings is 1. The van der Waals surface area contributed by atoms with E-state index in [0.717, 1.165) is 24.8 Å². The highest BCUT2D eigenvalue weighted by atomic mass is 32.1. The number of nitrogens with one attached hydrogen (secondary N) is 1. The van der Waals surface area contributed by atoms with Crippen LogP contribution in [0.1, 0.15) is 47.0 Å². The van der Waals surface area contributed by atoms with Crippen LogP contribution in [0, 0.1) is 5.92 Å². The molecule has 2 aliphatic rings. The number of piperidine rings is 1. The zero-order valence-corrected chi connectivity index (χ0v) is 16.7. The number of esters is 2. The lowest BCUT2D eigenvalue weighted by Crippen LogP contribution is -2.41. The first kappa shape index (κ1) is 19.8. The number of aryl methyl sites for hydroxylation is 1. The van der Waals surface area contributed by atoms with E-state index in [2.05, 4.69) is 5.32 Å². The van der Waals surface area contributed by atoms with Gasteiger partial charge in [0.25, 0.3) is 0 Å². The van der Waals surface area contributed by atoms with Gasteiger partial charge in [-0.25, -0.2) is 4.79 Å². The van der Waals surface area contributed by atoms with E-state index in [1.54, 1.807) is 6.92 Å². The lowest BCUT2D eigenvalue weighted by molar-refractivity contribution is -0.147. The second-order valence-corrected chi connectivity index (χ2v) is 8.01. The number of carbonyl (C=O) groups is 3. The molecular formula is C19H26N2O5S. The van der Waals surface area contributed by atoms with Crippen LogP contribution in [-0.4, -0.2) is 56.1 Å². The topological polar surface area (TPSA) is 84.9 Å². The molecule has 1 aromatic heterocycles. The largest absolute Gasteiger partial charge is 0.469 e. The molecule has 27 heavy (non-hydrogen) atoms. The Morgan fingerprint density at radius 3 is 2.63 bits per heavy atom. The minimum atomic E-state index is -0.355. The maximum Gasteiger partial charge on any atom is 0.341 e. The van der Waals surface area contributed by atoms with Crippen LogP contribution in [-0.2, 0) is 31.9 Å². The molecule has 0 bridgehead atoms. The van der Waals surface area contributed by atoms with E-state index in [1.807, 2.05) is 4.90 Å². The summed E-state index contributed by atoms with van der Waals surface area (Å²) in [6.45, 7) is 3.70. The van der Waals surface area contributed by atoms with Crippen LogP contribution in [0.5, 0.6) is 0 Å². The SMILES string of the molecule is CCOC(=O)c1c(NC(=O)CN2CCC(C(=O)OC)CC2)sc2c1CCC2. The van der Waals surface area contributed by atoms with Gasteiger partial charge in [-0.2, -0.15) is 0 Å². The van der Waals surface area contributed by atoms with Crippen molar-refractivity contribution in [1.82, 2.24) is 4.90 Å². The molecule has 1 amide bonds. The van der Waals surface area contributed by atoms with Gasteiger partial charge in [0.15, 0.2) is 0 Å². The van der Waals surface area contributed by atoms with Crippen molar-refractivity contribution in [2.24, 2.45) is 5.92 Å². The summed E-state index contributed by atoms with van der Waals surface area (Å²) in [5, 5.41) is 3.52. The Bertz CT molecular complexity index is 722. The summed E-state index contributed by atoms with van der Waals surface area (Å²) in [4.78, 5) is 39.7. The van der Waals surface area contributed by atoms with Crippen LogP contribution in [0.4, 0.5) is 5.00 Å². The second-order valence-electron chi connectivity index (χ2n) is 6.90. The highest BCUT2D eigenvalue weighted by Crippen LogP contribution is 2.39. The summed E-state index contributed by atoms with van der Waals surface area (Å²) < 4.78 is 9.98. The lowest BCUT2D eigenvalue weighted by Gasteiger charge is -2.29. The van der Waals surface area contributed by atoms with Gasteiger partial charge in [0.2, 0.25) is 5.91 Å².